The van der Waals surface area contributed by atoms with Gasteiger partial charge in [-0.15, -0.1) is 0 Å². The minimum absolute atomic E-state index is 0.165. The van der Waals surface area contributed by atoms with Crippen LogP contribution >= 0.6 is 15.9 Å². The second-order valence-electron chi connectivity index (χ2n) is 4.09. The Balaban J connectivity index is 2.84. The lowest BCUT2D eigenvalue weighted by Gasteiger charge is -2.24. The number of aliphatic hydroxyl groups excluding tert-OH is 1. The Morgan fingerprint density at radius 2 is 2.19 bits per heavy atom. The summed E-state index contributed by atoms with van der Waals surface area (Å²) < 4.78 is 0.844. The third-order valence-electron chi connectivity index (χ3n) is 2.50. The summed E-state index contributed by atoms with van der Waals surface area (Å²) in [5.41, 5.74) is 7.31. The van der Waals surface area contributed by atoms with Crippen LogP contribution in [0.15, 0.2) is 16.9 Å². The maximum Gasteiger partial charge on any atom is 0.0752 e. The molecule has 0 spiro atoms. The number of nitrogen functional groups attached to an aromatic ring is 1. The number of hydrogen-bond donors (Lipinski definition) is 3. The monoisotopic (exact) mass is 287 g/mol. The minimum atomic E-state index is 0.165. The van der Waals surface area contributed by atoms with Crippen molar-refractivity contribution in [3.63, 3.8) is 0 Å². The van der Waals surface area contributed by atoms with Gasteiger partial charge in [-0.1, -0.05) is 13.8 Å². The zero-order valence-electron chi connectivity index (χ0n) is 9.57. The average molecular weight is 288 g/mol. The van der Waals surface area contributed by atoms with E-state index in [9.17, 15) is 0 Å². The fourth-order valence-corrected chi connectivity index (χ4v) is 1.96. The summed E-state index contributed by atoms with van der Waals surface area (Å²) in [6, 6.07) is 0.200. The molecule has 0 fully saturated rings. The van der Waals surface area contributed by atoms with Crippen LogP contribution < -0.4 is 11.1 Å². The standard InChI is InChI=1S/C11H18BrN3O/c1-7(2)10(3-4-16)15-11-8(12)5-14-6-9(11)13/h5-7,10,16H,3-4,13H2,1-2H3,(H,14,15). The van der Waals surface area contributed by atoms with Crippen molar-refractivity contribution in [1.29, 1.82) is 0 Å². The van der Waals surface area contributed by atoms with Gasteiger partial charge >= 0.3 is 0 Å². The topological polar surface area (TPSA) is 71.2 Å². The van der Waals surface area contributed by atoms with E-state index in [1.807, 2.05) is 0 Å². The molecule has 0 aliphatic rings. The van der Waals surface area contributed by atoms with Gasteiger partial charge < -0.3 is 16.2 Å². The SMILES string of the molecule is CC(C)C(CCO)Nc1c(N)cncc1Br. The van der Waals surface area contributed by atoms with Gasteiger partial charge in [0.05, 0.1) is 22.0 Å². The van der Waals surface area contributed by atoms with Crippen LogP contribution in [0.4, 0.5) is 11.4 Å². The highest BCUT2D eigenvalue weighted by Gasteiger charge is 2.15. The van der Waals surface area contributed by atoms with E-state index in [0.717, 1.165) is 10.2 Å². The molecular weight excluding hydrogens is 270 g/mol. The quantitative estimate of drug-likeness (QED) is 0.777. The highest BCUT2D eigenvalue weighted by atomic mass is 79.9. The summed E-state index contributed by atoms with van der Waals surface area (Å²) in [6.45, 7) is 4.38. The van der Waals surface area contributed by atoms with Crippen LogP contribution in [-0.4, -0.2) is 22.7 Å². The molecule has 0 bridgehead atoms. The Hall–Kier alpha value is -0.810. The van der Waals surface area contributed by atoms with Crippen molar-refractivity contribution < 1.29 is 5.11 Å². The number of nitrogens with one attached hydrogen (secondary N) is 1. The van der Waals surface area contributed by atoms with Crippen LogP contribution in [0, 0.1) is 5.92 Å². The van der Waals surface area contributed by atoms with Gasteiger partial charge in [-0.3, -0.25) is 4.98 Å². The van der Waals surface area contributed by atoms with Gasteiger partial charge in [-0.05, 0) is 28.3 Å². The maximum atomic E-state index is 9.01. The first-order valence-corrected chi connectivity index (χ1v) is 6.12. The Bertz CT molecular complexity index is 324. The van der Waals surface area contributed by atoms with Crippen molar-refractivity contribution in [1.82, 2.24) is 4.98 Å². The summed E-state index contributed by atoms with van der Waals surface area (Å²) in [6.07, 6.45) is 4.02. The number of aliphatic hydroxyl groups is 1. The van der Waals surface area contributed by atoms with E-state index >= 15 is 0 Å². The molecule has 0 amide bonds. The fraction of sp³-hybridized carbons (Fsp3) is 0.545. The van der Waals surface area contributed by atoms with Crippen LogP contribution in [0.3, 0.4) is 0 Å². The smallest absolute Gasteiger partial charge is 0.0752 e. The van der Waals surface area contributed by atoms with E-state index in [1.54, 1.807) is 12.4 Å². The number of aromatic nitrogens is 1. The van der Waals surface area contributed by atoms with Crippen LogP contribution in [0.2, 0.25) is 0 Å². The molecule has 1 atom stereocenters. The molecule has 1 unspecified atom stereocenters. The molecule has 1 rings (SSSR count). The highest BCUT2D eigenvalue weighted by molar-refractivity contribution is 9.10. The molecule has 0 radical (unpaired) electrons. The molecule has 4 N–H and O–H groups in total. The summed E-state index contributed by atoms with van der Waals surface area (Å²) in [5.74, 6) is 0.423. The van der Waals surface area contributed by atoms with Gasteiger partial charge in [-0.2, -0.15) is 0 Å². The maximum absolute atomic E-state index is 9.01. The van der Waals surface area contributed by atoms with Crippen LogP contribution in [0.25, 0.3) is 0 Å². The molecule has 4 nitrogen and oxygen atoms in total. The number of pyridine rings is 1. The predicted octanol–water partition coefficient (Wildman–Crippen LogP) is 2.25. The third kappa shape index (κ3) is 3.35. The molecule has 0 saturated heterocycles. The summed E-state index contributed by atoms with van der Waals surface area (Å²) >= 11 is 3.41. The Kier molecular flexibility index (Phi) is 5.02. The van der Waals surface area contributed by atoms with E-state index in [0.29, 0.717) is 18.0 Å². The van der Waals surface area contributed by atoms with E-state index < -0.39 is 0 Å². The molecule has 0 saturated carbocycles. The van der Waals surface area contributed by atoms with Crippen molar-refractivity contribution in [2.75, 3.05) is 17.7 Å². The normalized spacial score (nSPS) is 12.8. The first-order valence-electron chi connectivity index (χ1n) is 5.32. The van der Waals surface area contributed by atoms with E-state index in [2.05, 4.69) is 40.1 Å². The Labute approximate surface area is 104 Å². The molecule has 0 aromatic carbocycles. The van der Waals surface area contributed by atoms with Crippen molar-refractivity contribution in [3.8, 4) is 0 Å². The van der Waals surface area contributed by atoms with Gasteiger partial charge in [-0.25, -0.2) is 0 Å². The summed E-state index contributed by atoms with van der Waals surface area (Å²) in [5, 5.41) is 12.4. The number of rotatable bonds is 5. The third-order valence-corrected chi connectivity index (χ3v) is 3.10. The molecule has 90 valence electrons. The van der Waals surface area contributed by atoms with Gasteiger partial charge in [0.1, 0.15) is 0 Å². The van der Waals surface area contributed by atoms with Gasteiger partial charge in [0.25, 0.3) is 0 Å². The van der Waals surface area contributed by atoms with Gasteiger partial charge in [0, 0.05) is 18.8 Å². The average Bonchev–Trinajstić information content (AvgIpc) is 2.21. The molecular formula is C11H18BrN3O. The van der Waals surface area contributed by atoms with E-state index in [-0.39, 0.29) is 12.6 Å². The van der Waals surface area contributed by atoms with Crippen LogP contribution in [0.1, 0.15) is 20.3 Å². The van der Waals surface area contributed by atoms with Crippen molar-refractivity contribution in [3.05, 3.63) is 16.9 Å². The molecule has 1 aromatic heterocycles. The first-order chi connectivity index (χ1) is 7.56. The molecule has 5 heteroatoms. The Morgan fingerprint density at radius 1 is 1.50 bits per heavy atom. The highest BCUT2D eigenvalue weighted by Crippen LogP contribution is 2.29. The second-order valence-corrected chi connectivity index (χ2v) is 4.95. The lowest BCUT2D eigenvalue weighted by molar-refractivity contribution is 0.267. The van der Waals surface area contributed by atoms with Crippen LogP contribution in [0.5, 0.6) is 0 Å². The summed E-state index contributed by atoms with van der Waals surface area (Å²) in [4.78, 5) is 3.98. The zero-order valence-corrected chi connectivity index (χ0v) is 11.2. The number of hydrogen-bond acceptors (Lipinski definition) is 4. The molecule has 1 aromatic rings. The predicted molar refractivity (Wildman–Crippen MR) is 70.3 cm³/mol. The number of nitrogens with two attached hydrogens (primary N) is 1. The second kappa shape index (κ2) is 6.06. The van der Waals surface area contributed by atoms with Gasteiger partial charge in [0.15, 0.2) is 0 Å². The number of anilines is 2. The lowest BCUT2D eigenvalue weighted by atomic mass is 10.0. The molecule has 1 heterocycles. The van der Waals surface area contributed by atoms with Crippen molar-refractivity contribution in [2.24, 2.45) is 5.92 Å². The molecule has 0 aliphatic heterocycles. The minimum Gasteiger partial charge on any atom is -0.396 e. The largest absolute Gasteiger partial charge is 0.396 e. The van der Waals surface area contributed by atoms with Crippen LogP contribution in [-0.2, 0) is 0 Å². The summed E-state index contributed by atoms with van der Waals surface area (Å²) in [7, 11) is 0. The number of halogens is 1. The number of nitrogens with zero attached hydrogens (tertiary/aromatic N) is 1. The Morgan fingerprint density at radius 3 is 2.69 bits per heavy atom. The van der Waals surface area contributed by atoms with E-state index in [1.165, 1.54) is 0 Å². The van der Waals surface area contributed by atoms with Gasteiger partial charge in [0.2, 0.25) is 0 Å². The van der Waals surface area contributed by atoms with Crippen molar-refractivity contribution >= 4 is 27.3 Å². The zero-order chi connectivity index (χ0) is 12.1. The lowest BCUT2D eigenvalue weighted by Crippen LogP contribution is -2.27. The molecule has 0 aliphatic carbocycles. The van der Waals surface area contributed by atoms with E-state index in [4.69, 9.17) is 10.8 Å². The fourth-order valence-electron chi connectivity index (χ4n) is 1.50. The first kappa shape index (κ1) is 13.3. The van der Waals surface area contributed by atoms with Crippen molar-refractivity contribution in [2.45, 2.75) is 26.3 Å². The molecule has 16 heavy (non-hydrogen) atoms.